The van der Waals surface area contributed by atoms with E-state index in [-0.39, 0.29) is 12.1 Å². The minimum atomic E-state index is -0.314. The Bertz CT molecular complexity index is 1080. The molecule has 1 fully saturated rings. The Morgan fingerprint density at radius 1 is 1.09 bits per heavy atom. The van der Waals surface area contributed by atoms with Gasteiger partial charge in [0.05, 0.1) is 12.8 Å². The molecule has 0 saturated carbocycles. The average Bonchev–Trinajstić information content (AvgIpc) is 3.42. The van der Waals surface area contributed by atoms with E-state index in [1.54, 1.807) is 24.5 Å². The first-order chi connectivity index (χ1) is 15.9. The van der Waals surface area contributed by atoms with Crippen LogP contribution in [0.4, 0.5) is 5.82 Å². The molecule has 1 aromatic carbocycles. The predicted octanol–water partition coefficient (Wildman–Crippen LogP) is 4.42. The second-order valence-corrected chi connectivity index (χ2v) is 9.40. The lowest BCUT2D eigenvalue weighted by molar-refractivity contribution is 0.203. The molecule has 0 radical (unpaired) electrons. The first-order valence-electron chi connectivity index (χ1n) is 11.2. The van der Waals surface area contributed by atoms with Gasteiger partial charge in [-0.1, -0.05) is 0 Å². The van der Waals surface area contributed by atoms with E-state index in [9.17, 15) is 0 Å². The van der Waals surface area contributed by atoms with Crippen molar-refractivity contribution < 1.29 is 14.2 Å². The van der Waals surface area contributed by atoms with Crippen LogP contribution in [0.3, 0.4) is 0 Å². The number of methoxy groups -OCH3 is 1. The Morgan fingerprint density at radius 3 is 2.61 bits per heavy atom. The normalized spacial score (nSPS) is 14.9. The highest BCUT2D eigenvalue weighted by Crippen LogP contribution is 2.36. The molecular weight excluding hydrogens is 438 g/mol. The number of rotatable bonds is 9. The molecule has 9 heteroatoms. The Morgan fingerprint density at radius 2 is 1.88 bits per heavy atom. The summed E-state index contributed by atoms with van der Waals surface area (Å²) in [6.07, 6.45) is 2.23. The van der Waals surface area contributed by atoms with Crippen LogP contribution in [0.25, 0.3) is 10.6 Å². The molecule has 4 rings (SSSR count). The van der Waals surface area contributed by atoms with Crippen molar-refractivity contribution in [1.82, 2.24) is 19.9 Å². The number of thiazole rings is 1. The molecule has 0 spiro atoms. The SMILES string of the molecule is COc1ccc(-c2nc(C(C)Oc3nc(C)cc(N)n3)c(C)s2)cc1OCCN1CCCC1. The summed E-state index contributed by atoms with van der Waals surface area (Å²) in [5.41, 5.74) is 8.42. The maximum Gasteiger partial charge on any atom is 0.319 e. The molecule has 0 aliphatic carbocycles. The lowest BCUT2D eigenvalue weighted by Gasteiger charge is -2.16. The second-order valence-electron chi connectivity index (χ2n) is 8.20. The number of aromatic nitrogens is 3. The van der Waals surface area contributed by atoms with Crippen LogP contribution in [0.1, 0.15) is 42.1 Å². The largest absolute Gasteiger partial charge is 0.493 e. The van der Waals surface area contributed by atoms with Gasteiger partial charge >= 0.3 is 6.01 Å². The number of nitrogens with zero attached hydrogens (tertiary/aromatic N) is 4. The minimum Gasteiger partial charge on any atom is -0.493 e. The number of nitrogen functional groups attached to an aromatic ring is 1. The molecule has 1 aliphatic rings. The number of hydrogen-bond acceptors (Lipinski definition) is 9. The number of benzene rings is 1. The van der Waals surface area contributed by atoms with Crippen molar-refractivity contribution in [3.63, 3.8) is 0 Å². The van der Waals surface area contributed by atoms with Gasteiger partial charge in [-0.15, -0.1) is 11.3 Å². The van der Waals surface area contributed by atoms with Gasteiger partial charge < -0.3 is 19.9 Å². The lowest BCUT2D eigenvalue weighted by Crippen LogP contribution is -2.25. The van der Waals surface area contributed by atoms with Crippen molar-refractivity contribution in [3.8, 4) is 28.1 Å². The molecular formula is C24H31N5O3S. The minimum absolute atomic E-state index is 0.257. The molecule has 1 saturated heterocycles. The fraction of sp³-hybridized carbons (Fsp3) is 0.458. The number of anilines is 1. The molecule has 1 atom stereocenters. The van der Waals surface area contributed by atoms with Crippen molar-refractivity contribution in [2.75, 3.05) is 39.1 Å². The van der Waals surface area contributed by atoms with E-state index >= 15 is 0 Å². The van der Waals surface area contributed by atoms with Gasteiger partial charge in [-0.2, -0.15) is 4.98 Å². The first kappa shape index (κ1) is 23.3. The fourth-order valence-corrected chi connectivity index (χ4v) is 4.95. The van der Waals surface area contributed by atoms with Crippen molar-refractivity contribution in [1.29, 1.82) is 0 Å². The third-order valence-corrected chi connectivity index (χ3v) is 6.66. The molecule has 3 heterocycles. The lowest BCUT2D eigenvalue weighted by atomic mass is 10.2. The Hall–Kier alpha value is -2.91. The Kier molecular flexibility index (Phi) is 7.29. The zero-order valence-electron chi connectivity index (χ0n) is 19.6. The molecule has 33 heavy (non-hydrogen) atoms. The van der Waals surface area contributed by atoms with Gasteiger partial charge in [-0.25, -0.2) is 9.97 Å². The van der Waals surface area contributed by atoms with Crippen LogP contribution in [0.2, 0.25) is 0 Å². The van der Waals surface area contributed by atoms with Gasteiger partial charge in [0.15, 0.2) is 11.5 Å². The molecule has 176 valence electrons. The smallest absolute Gasteiger partial charge is 0.319 e. The number of ether oxygens (including phenoxy) is 3. The molecule has 0 bridgehead atoms. The summed E-state index contributed by atoms with van der Waals surface area (Å²) in [6, 6.07) is 7.90. The first-order valence-corrected chi connectivity index (χ1v) is 12.0. The molecule has 0 amide bonds. The van der Waals surface area contributed by atoms with Gasteiger partial charge in [-0.3, -0.25) is 4.90 Å². The Labute approximate surface area is 198 Å². The van der Waals surface area contributed by atoms with Gasteiger partial charge in [-0.05, 0) is 64.9 Å². The zero-order valence-corrected chi connectivity index (χ0v) is 20.4. The number of nitrogens with two attached hydrogens (primary N) is 1. The Balaban J connectivity index is 1.49. The maximum absolute atomic E-state index is 6.10. The van der Waals surface area contributed by atoms with E-state index in [2.05, 4.69) is 14.9 Å². The van der Waals surface area contributed by atoms with Crippen LogP contribution < -0.4 is 19.9 Å². The van der Waals surface area contributed by atoms with E-state index in [0.29, 0.717) is 12.4 Å². The average molecular weight is 470 g/mol. The summed E-state index contributed by atoms with van der Waals surface area (Å²) < 4.78 is 17.6. The fourth-order valence-electron chi connectivity index (χ4n) is 3.95. The van der Waals surface area contributed by atoms with Crippen molar-refractivity contribution in [2.45, 2.75) is 39.7 Å². The summed E-state index contributed by atoms with van der Waals surface area (Å²) in [7, 11) is 1.66. The standard InChI is InChI=1S/C24H31N5O3S/c1-15-13-21(25)27-24(26-15)32-16(2)22-17(3)33-23(28-22)18-7-8-19(30-4)20(14-18)31-12-11-29-9-5-6-10-29/h7-8,13-14,16H,5-6,9-12H2,1-4H3,(H2,25,26,27). The molecule has 2 N–H and O–H groups in total. The molecule has 8 nitrogen and oxygen atoms in total. The third-order valence-electron chi connectivity index (χ3n) is 5.63. The summed E-state index contributed by atoms with van der Waals surface area (Å²) in [6.45, 7) is 9.70. The van der Waals surface area contributed by atoms with Crippen LogP contribution in [-0.4, -0.2) is 53.2 Å². The highest BCUT2D eigenvalue weighted by molar-refractivity contribution is 7.15. The van der Waals surface area contributed by atoms with Crippen LogP contribution in [0.15, 0.2) is 24.3 Å². The number of likely N-dealkylation sites (tertiary alicyclic amines) is 1. The quantitative estimate of drug-likeness (QED) is 0.492. The van der Waals surface area contributed by atoms with Gasteiger partial charge in [0.1, 0.15) is 23.5 Å². The topological polar surface area (TPSA) is 95.6 Å². The van der Waals surface area contributed by atoms with E-state index < -0.39 is 0 Å². The van der Waals surface area contributed by atoms with Crippen molar-refractivity contribution in [2.24, 2.45) is 0 Å². The van der Waals surface area contributed by atoms with E-state index in [1.807, 2.05) is 39.0 Å². The van der Waals surface area contributed by atoms with E-state index in [4.69, 9.17) is 24.9 Å². The second kappa shape index (κ2) is 10.4. The van der Waals surface area contributed by atoms with Crippen LogP contribution in [-0.2, 0) is 0 Å². The van der Waals surface area contributed by atoms with Crippen LogP contribution in [0.5, 0.6) is 17.5 Å². The van der Waals surface area contributed by atoms with E-state index in [0.717, 1.165) is 58.0 Å². The number of aryl methyl sites for hydroxylation is 2. The van der Waals surface area contributed by atoms with Gasteiger partial charge in [0.25, 0.3) is 0 Å². The maximum atomic E-state index is 6.10. The highest BCUT2D eigenvalue weighted by atomic mass is 32.1. The van der Waals surface area contributed by atoms with Gasteiger partial charge in [0.2, 0.25) is 0 Å². The monoisotopic (exact) mass is 469 g/mol. The van der Waals surface area contributed by atoms with Crippen molar-refractivity contribution in [3.05, 3.63) is 40.5 Å². The zero-order chi connectivity index (χ0) is 23.4. The summed E-state index contributed by atoms with van der Waals surface area (Å²) in [5, 5.41) is 0.898. The summed E-state index contributed by atoms with van der Waals surface area (Å²) in [5.74, 6) is 1.84. The van der Waals surface area contributed by atoms with Crippen LogP contribution >= 0.6 is 11.3 Å². The predicted molar refractivity (Wildman–Crippen MR) is 130 cm³/mol. The summed E-state index contributed by atoms with van der Waals surface area (Å²) in [4.78, 5) is 16.8. The van der Waals surface area contributed by atoms with E-state index in [1.165, 1.54) is 12.8 Å². The molecule has 1 unspecified atom stereocenters. The third kappa shape index (κ3) is 5.72. The van der Waals surface area contributed by atoms with Crippen LogP contribution in [0, 0.1) is 13.8 Å². The molecule has 1 aliphatic heterocycles. The summed E-state index contributed by atoms with van der Waals surface area (Å²) >= 11 is 1.62. The number of hydrogen-bond donors (Lipinski definition) is 1. The molecule has 3 aromatic rings. The molecule has 2 aromatic heterocycles. The van der Waals surface area contributed by atoms with Crippen molar-refractivity contribution >= 4 is 17.2 Å². The van der Waals surface area contributed by atoms with Gasteiger partial charge in [0, 0.05) is 28.7 Å². The highest BCUT2D eigenvalue weighted by Gasteiger charge is 2.19.